The molecule has 2 atom stereocenters. The summed E-state index contributed by atoms with van der Waals surface area (Å²) < 4.78 is 5.69. The molecule has 0 bridgehead atoms. The summed E-state index contributed by atoms with van der Waals surface area (Å²) in [6.07, 6.45) is 1.25. The molecule has 1 aromatic heterocycles. The molecule has 2 rings (SSSR count). The second-order valence-electron chi connectivity index (χ2n) is 5.19. The molecular weight excluding hydrogens is 266 g/mol. The maximum absolute atomic E-state index is 9.93. The number of aliphatic hydroxyl groups is 1. The standard InChI is InChI=1S/C16H23N3O2/c1-12-15(9-18-19-12)8-17-10-16(20)11-21-13(2)14-6-4-3-5-7-14/h3-7,9,13,16-17,20H,8,10-11H2,1-2H3,(H,18,19). The molecule has 1 heterocycles. The van der Waals surface area contributed by atoms with E-state index in [0.717, 1.165) is 16.8 Å². The lowest BCUT2D eigenvalue weighted by Gasteiger charge is -2.17. The summed E-state index contributed by atoms with van der Waals surface area (Å²) in [5, 5.41) is 20.0. The van der Waals surface area contributed by atoms with Crippen molar-refractivity contribution >= 4 is 0 Å². The molecule has 0 aliphatic heterocycles. The fourth-order valence-corrected chi connectivity index (χ4v) is 2.06. The largest absolute Gasteiger partial charge is 0.389 e. The van der Waals surface area contributed by atoms with Gasteiger partial charge in [0.05, 0.1) is 25.0 Å². The molecule has 0 saturated heterocycles. The first-order valence-corrected chi connectivity index (χ1v) is 7.21. The van der Waals surface area contributed by atoms with Crippen LogP contribution in [0.5, 0.6) is 0 Å². The zero-order chi connectivity index (χ0) is 15.1. The number of benzene rings is 1. The van der Waals surface area contributed by atoms with Crippen molar-refractivity contribution in [2.24, 2.45) is 0 Å². The Balaban J connectivity index is 1.65. The van der Waals surface area contributed by atoms with E-state index < -0.39 is 6.10 Å². The summed E-state index contributed by atoms with van der Waals surface area (Å²) in [6.45, 7) is 5.46. The quantitative estimate of drug-likeness (QED) is 0.694. The second kappa shape index (κ2) is 7.93. The number of hydrogen-bond acceptors (Lipinski definition) is 4. The number of aromatic nitrogens is 2. The molecule has 1 aromatic carbocycles. The van der Waals surface area contributed by atoms with Gasteiger partial charge in [-0.25, -0.2) is 0 Å². The monoisotopic (exact) mass is 289 g/mol. The van der Waals surface area contributed by atoms with Crippen molar-refractivity contribution in [3.05, 3.63) is 53.3 Å². The minimum absolute atomic E-state index is 0.0167. The van der Waals surface area contributed by atoms with Crippen molar-refractivity contribution in [2.75, 3.05) is 13.2 Å². The van der Waals surface area contributed by atoms with E-state index in [9.17, 15) is 5.11 Å². The molecular formula is C16H23N3O2. The maximum atomic E-state index is 9.93. The van der Waals surface area contributed by atoms with Gasteiger partial charge in [-0.2, -0.15) is 5.10 Å². The highest BCUT2D eigenvalue weighted by molar-refractivity contribution is 5.16. The number of nitrogens with zero attached hydrogens (tertiary/aromatic N) is 1. The lowest BCUT2D eigenvalue weighted by atomic mass is 10.1. The zero-order valence-corrected chi connectivity index (χ0v) is 12.5. The van der Waals surface area contributed by atoms with Gasteiger partial charge in [0.2, 0.25) is 0 Å². The minimum atomic E-state index is -0.525. The summed E-state index contributed by atoms with van der Waals surface area (Å²) in [5.41, 5.74) is 3.28. The number of rotatable bonds is 8. The van der Waals surface area contributed by atoms with Crippen LogP contribution in [0.2, 0.25) is 0 Å². The molecule has 0 radical (unpaired) electrons. The topological polar surface area (TPSA) is 70.2 Å². The fraction of sp³-hybridized carbons (Fsp3) is 0.438. The van der Waals surface area contributed by atoms with Crippen molar-refractivity contribution in [2.45, 2.75) is 32.6 Å². The van der Waals surface area contributed by atoms with Gasteiger partial charge in [-0.05, 0) is 19.4 Å². The molecule has 21 heavy (non-hydrogen) atoms. The van der Waals surface area contributed by atoms with Crippen LogP contribution in [0, 0.1) is 6.92 Å². The van der Waals surface area contributed by atoms with Crippen LogP contribution >= 0.6 is 0 Å². The molecule has 114 valence electrons. The second-order valence-corrected chi connectivity index (χ2v) is 5.19. The third-order valence-electron chi connectivity index (χ3n) is 3.44. The molecule has 0 aliphatic carbocycles. The Kier molecular flexibility index (Phi) is 5.92. The molecule has 5 nitrogen and oxygen atoms in total. The molecule has 0 aliphatic rings. The lowest BCUT2D eigenvalue weighted by molar-refractivity contribution is -0.00212. The Bertz CT molecular complexity index is 527. The Morgan fingerprint density at radius 1 is 1.33 bits per heavy atom. The van der Waals surface area contributed by atoms with Crippen LogP contribution in [-0.2, 0) is 11.3 Å². The number of aromatic amines is 1. The third kappa shape index (κ3) is 4.97. The number of aliphatic hydroxyl groups excluding tert-OH is 1. The third-order valence-corrected chi connectivity index (χ3v) is 3.44. The van der Waals surface area contributed by atoms with E-state index in [1.807, 2.05) is 44.2 Å². The SMILES string of the molecule is Cc1[nH]ncc1CNCC(O)COC(C)c1ccccc1. The highest BCUT2D eigenvalue weighted by Crippen LogP contribution is 2.15. The van der Waals surface area contributed by atoms with Crippen molar-refractivity contribution in [3.63, 3.8) is 0 Å². The number of aryl methyl sites for hydroxylation is 1. The summed E-state index contributed by atoms with van der Waals surface area (Å²) in [6, 6.07) is 10.0. The number of nitrogens with one attached hydrogen (secondary N) is 2. The van der Waals surface area contributed by atoms with Crippen molar-refractivity contribution in [3.8, 4) is 0 Å². The zero-order valence-electron chi connectivity index (χ0n) is 12.5. The lowest BCUT2D eigenvalue weighted by Crippen LogP contribution is -2.30. The molecule has 0 spiro atoms. The van der Waals surface area contributed by atoms with Crippen LogP contribution < -0.4 is 5.32 Å². The van der Waals surface area contributed by atoms with E-state index in [1.54, 1.807) is 6.20 Å². The first-order chi connectivity index (χ1) is 10.2. The highest BCUT2D eigenvalue weighted by atomic mass is 16.5. The van der Waals surface area contributed by atoms with Gasteiger partial charge in [0, 0.05) is 24.3 Å². The Morgan fingerprint density at radius 2 is 2.10 bits per heavy atom. The van der Waals surface area contributed by atoms with Gasteiger partial charge in [-0.1, -0.05) is 30.3 Å². The van der Waals surface area contributed by atoms with E-state index in [4.69, 9.17) is 4.74 Å². The Hall–Kier alpha value is -1.69. The summed E-state index contributed by atoms with van der Waals surface area (Å²) in [4.78, 5) is 0. The predicted octanol–water partition coefficient (Wildman–Crippen LogP) is 1.95. The maximum Gasteiger partial charge on any atom is 0.0898 e. The van der Waals surface area contributed by atoms with E-state index in [-0.39, 0.29) is 6.10 Å². The van der Waals surface area contributed by atoms with Gasteiger partial charge in [0.25, 0.3) is 0 Å². The molecule has 5 heteroatoms. The molecule has 3 N–H and O–H groups in total. The molecule has 2 unspecified atom stereocenters. The highest BCUT2D eigenvalue weighted by Gasteiger charge is 2.10. The first-order valence-electron chi connectivity index (χ1n) is 7.21. The molecule has 0 fully saturated rings. The van der Waals surface area contributed by atoms with E-state index >= 15 is 0 Å². The van der Waals surface area contributed by atoms with Crippen LogP contribution in [0.3, 0.4) is 0 Å². The van der Waals surface area contributed by atoms with Crippen molar-refractivity contribution in [1.29, 1.82) is 0 Å². The summed E-state index contributed by atoms with van der Waals surface area (Å²) >= 11 is 0. The Morgan fingerprint density at radius 3 is 2.76 bits per heavy atom. The summed E-state index contributed by atoms with van der Waals surface area (Å²) in [5.74, 6) is 0. The molecule has 0 amide bonds. The van der Waals surface area contributed by atoms with Crippen LogP contribution in [0.4, 0.5) is 0 Å². The van der Waals surface area contributed by atoms with Crippen LogP contribution in [0.1, 0.15) is 29.8 Å². The molecule has 0 saturated carbocycles. The van der Waals surface area contributed by atoms with E-state index in [0.29, 0.717) is 19.7 Å². The smallest absolute Gasteiger partial charge is 0.0898 e. The first kappa shape index (κ1) is 15.7. The van der Waals surface area contributed by atoms with Crippen LogP contribution in [-0.4, -0.2) is 34.6 Å². The van der Waals surface area contributed by atoms with Gasteiger partial charge < -0.3 is 15.2 Å². The normalized spacial score (nSPS) is 14.0. The summed E-state index contributed by atoms with van der Waals surface area (Å²) in [7, 11) is 0. The van der Waals surface area contributed by atoms with Gasteiger partial charge in [-0.3, -0.25) is 5.10 Å². The van der Waals surface area contributed by atoms with Crippen molar-refractivity contribution in [1.82, 2.24) is 15.5 Å². The van der Waals surface area contributed by atoms with E-state index in [1.165, 1.54) is 0 Å². The minimum Gasteiger partial charge on any atom is -0.389 e. The average molecular weight is 289 g/mol. The number of H-pyrrole nitrogens is 1. The van der Waals surface area contributed by atoms with Gasteiger partial charge in [-0.15, -0.1) is 0 Å². The predicted molar refractivity (Wildman–Crippen MR) is 81.8 cm³/mol. The van der Waals surface area contributed by atoms with Gasteiger partial charge in [0.15, 0.2) is 0 Å². The number of ether oxygens (including phenoxy) is 1. The van der Waals surface area contributed by atoms with Crippen LogP contribution in [0.25, 0.3) is 0 Å². The van der Waals surface area contributed by atoms with Crippen molar-refractivity contribution < 1.29 is 9.84 Å². The van der Waals surface area contributed by atoms with Crippen LogP contribution in [0.15, 0.2) is 36.5 Å². The van der Waals surface area contributed by atoms with Gasteiger partial charge >= 0.3 is 0 Å². The molecule has 2 aromatic rings. The average Bonchev–Trinajstić information content (AvgIpc) is 2.91. The number of hydrogen-bond donors (Lipinski definition) is 3. The Labute approximate surface area is 125 Å². The van der Waals surface area contributed by atoms with Gasteiger partial charge in [0.1, 0.15) is 0 Å². The van der Waals surface area contributed by atoms with E-state index in [2.05, 4.69) is 15.5 Å². The fourth-order valence-electron chi connectivity index (χ4n) is 2.06.